The Hall–Kier alpha value is -2.56. The Kier molecular flexibility index (Phi) is 6.81. The van der Waals surface area contributed by atoms with Crippen molar-refractivity contribution in [2.45, 2.75) is 27.2 Å². The fraction of sp³-hybridized carbons (Fsp3) is 0.300. The second-order valence-corrected chi connectivity index (χ2v) is 5.75. The van der Waals surface area contributed by atoms with Gasteiger partial charge in [-0.25, -0.2) is 0 Å². The van der Waals surface area contributed by atoms with Crippen molar-refractivity contribution in [2.24, 2.45) is 21.1 Å². The molecule has 5 nitrogen and oxygen atoms in total. The molecule has 0 aromatic heterocycles. The quantitative estimate of drug-likeness (QED) is 0.791. The van der Waals surface area contributed by atoms with Crippen LogP contribution in [0.4, 0.5) is 0 Å². The van der Waals surface area contributed by atoms with Gasteiger partial charge in [0.05, 0.1) is 18.1 Å². The first-order valence-electron chi connectivity index (χ1n) is 8.40. The number of hydrogen-bond acceptors (Lipinski definition) is 4. The van der Waals surface area contributed by atoms with Crippen molar-refractivity contribution in [2.75, 3.05) is 7.05 Å². The van der Waals surface area contributed by atoms with E-state index >= 15 is 0 Å². The number of nitrogens with one attached hydrogen (secondary N) is 1. The molecule has 0 fully saturated rings. The third-order valence-corrected chi connectivity index (χ3v) is 4.03. The maximum atomic E-state index is 12.4. The van der Waals surface area contributed by atoms with Crippen LogP contribution in [0, 0.1) is 18.8 Å². The van der Waals surface area contributed by atoms with Crippen molar-refractivity contribution >= 4 is 23.2 Å². The van der Waals surface area contributed by atoms with E-state index in [9.17, 15) is 4.79 Å². The van der Waals surface area contributed by atoms with E-state index in [0.29, 0.717) is 12.3 Å². The number of carbonyl (C=O) groups is 1. The summed E-state index contributed by atoms with van der Waals surface area (Å²) in [5.41, 5.74) is 3.76. The van der Waals surface area contributed by atoms with Gasteiger partial charge in [-0.05, 0) is 37.0 Å². The highest BCUT2D eigenvalue weighted by molar-refractivity contribution is 6.26. The summed E-state index contributed by atoms with van der Waals surface area (Å²) in [6.07, 6.45) is 8.26. The minimum atomic E-state index is -0.226. The van der Waals surface area contributed by atoms with E-state index in [2.05, 4.69) is 20.5 Å². The maximum absolute atomic E-state index is 12.4. The second-order valence-electron chi connectivity index (χ2n) is 5.75. The van der Waals surface area contributed by atoms with Crippen molar-refractivity contribution in [1.82, 2.24) is 5.32 Å². The highest BCUT2D eigenvalue weighted by Crippen LogP contribution is 2.13. The molecule has 5 heteroatoms. The van der Waals surface area contributed by atoms with Crippen LogP contribution in [0.2, 0.25) is 0 Å². The molecule has 0 spiro atoms. The van der Waals surface area contributed by atoms with Crippen LogP contribution in [0.3, 0.4) is 0 Å². The number of nitrogens with zero attached hydrogens (tertiary/aromatic N) is 3. The first-order valence-corrected chi connectivity index (χ1v) is 8.40. The summed E-state index contributed by atoms with van der Waals surface area (Å²) >= 11 is 0. The number of amides is 1. The van der Waals surface area contributed by atoms with Gasteiger partial charge in [0.2, 0.25) is 5.91 Å². The van der Waals surface area contributed by atoms with Gasteiger partial charge in [-0.1, -0.05) is 44.2 Å². The number of rotatable bonds is 6. The zero-order chi connectivity index (χ0) is 18.2. The summed E-state index contributed by atoms with van der Waals surface area (Å²) in [4.78, 5) is 16.5. The third-order valence-electron chi connectivity index (χ3n) is 4.03. The minimum Gasteiger partial charge on any atom is -0.312 e. The van der Waals surface area contributed by atoms with Crippen LogP contribution in [-0.2, 0) is 4.79 Å². The van der Waals surface area contributed by atoms with Gasteiger partial charge in [0.1, 0.15) is 5.84 Å². The van der Waals surface area contributed by atoms with Gasteiger partial charge in [-0.3, -0.25) is 9.79 Å². The molecule has 0 aliphatic carbocycles. The lowest BCUT2D eigenvalue weighted by molar-refractivity contribution is -0.122. The smallest absolute Gasteiger partial charge is 0.232 e. The van der Waals surface area contributed by atoms with Gasteiger partial charge in [-0.2, -0.15) is 5.10 Å². The predicted octanol–water partition coefficient (Wildman–Crippen LogP) is 3.61. The molecule has 1 unspecified atom stereocenters. The van der Waals surface area contributed by atoms with E-state index in [1.54, 1.807) is 13.5 Å². The lowest BCUT2D eigenvalue weighted by atomic mass is 10.0. The summed E-state index contributed by atoms with van der Waals surface area (Å²) in [5, 5.41) is 11.1. The topological polar surface area (TPSA) is 66.2 Å². The monoisotopic (exact) mass is 338 g/mol. The van der Waals surface area contributed by atoms with Crippen molar-refractivity contribution in [3.05, 3.63) is 60.4 Å². The van der Waals surface area contributed by atoms with Gasteiger partial charge in [0.25, 0.3) is 0 Å². The van der Waals surface area contributed by atoms with Gasteiger partial charge in [-0.15, -0.1) is 5.10 Å². The van der Waals surface area contributed by atoms with Gasteiger partial charge >= 0.3 is 0 Å². The van der Waals surface area contributed by atoms with Gasteiger partial charge in [0.15, 0.2) is 0 Å². The van der Waals surface area contributed by atoms with Crippen LogP contribution < -0.4 is 5.32 Å². The molecule has 1 aliphatic heterocycles. The lowest BCUT2D eigenvalue weighted by Gasteiger charge is -2.10. The molecular weight excluding hydrogens is 312 g/mol. The van der Waals surface area contributed by atoms with Crippen LogP contribution in [-0.4, -0.2) is 30.2 Å². The number of aliphatic imine (C=N–C) groups is 1. The zero-order valence-electron chi connectivity index (χ0n) is 15.2. The van der Waals surface area contributed by atoms with Crippen LogP contribution in [0.25, 0.3) is 0 Å². The molecule has 1 aliphatic rings. The molecule has 1 aromatic rings. The Balaban J connectivity index is 0.00000338. The summed E-state index contributed by atoms with van der Waals surface area (Å²) in [6.45, 7) is 5.87. The highest BCUT2D eigenvalue weighted by atomic mass is 16.1. The van der Waals surface area contributed by atoms with Crippen molar-refractivity contribution in [3.8, 4) is 0 Å². The first-order chi connectivity index (χ1) is 12.1. The van der Waals surface area contributed by atoms with E-state index in [-0.39, 0.29) is 13.3 Å². The predicted molar refractivity (Wildman–Crippen MR) is 106 cm³/mol. The lowest BCUT2D eigenvalue weighted by Crippen LogP contribution is -2.35. The fourth-order valence-corrected chi connectivity index (χ4v) is 2.30. The van der Waals surface area contributed by atoms with E-state index in [4.69, 9.17) is 0 Å². The van der Waals surface area contributed by atoms with E-state index in [1.807, 2.05) is 63.6 Å². The van der Waals surface area contributed by atoms with E-state index in [1.165, 1.54) is 0 Å². The Morgan fingerprint density at radius 3 is 2.64 bits per heavy atom. The second kappa shape index (κ2) is 9.06. The molecule has 0 bridgehead atoms. The maximum Gasteiger partial charge on any atom is 0.232 e. The van der Waals surface area contributed by atoms with Crippen molar-refractivity contribution < 1.29 is 6.22 Å². The summed E-state index contributed by atoms with van der Waals surface area (Å²) in [6, 6.07) is 8.04. The molecule has 1 aromatic carbocycles. The largest absolute Gasteiger partial charge is 0.312 e. The molecule has 25 heavy (non-hydrogen) atoms. The van der Waals surface area contributed by atoms with E-state index in [0.717, 1.165) is 22.6 Å². The number of hydrogen-bond donors (Lipinski definition) is 1. The Bertz CT molecular complexity index is 733. The van der Waals surface area contributed by atoms with Crippen LogP contribution >= 0.6 is 0 Å². The Morgan fingerprint density at radius 2 is 2.04 bits per heavy atom. The molecule has 1 N–H and O–H groups in total. The number of carbonyl (C=O) groups excluding carboxylic acids is 1. The standard InChI is InChI=1S/C20H24N4O.H2/c1-5-15-8-11-17(12-9-15)18-13-19(24-23-18)22-20(25)16(6-2)10-7-14(3)21-4;/h5,7-13,16H,6H2,1-4H3,(H,22,24,25);1H/b10-7-,21-14?;. The highest BCUT2D eigenvalue weighted by Gasteiger charge is 2.20. The Labute approximate surface area is 151 Å². The minimum absolute atomic E-state index is 0. The van der Waals surface area contributed by atoms with Crippen molar-refractivity contribution in [3.63, 3.8) is 0 Å². The van der Waals surface area contributed by atoms with Crippen LogP contribution in [0.5, 0.6) is 0 Å². The molecular formula is C20H26N4O. The molecule has 2 radical (unpaired) electrons. The molecule has 0 saturated heterocycles. The first kappa shape index (κ1) is 18.8. The SMILES string of the molecule is C[CH]c1ccc(C2=NN=C(NC(=O)C(/C=C\C(C)=NC)CC)[CH]2)cc1.[HH]. The number of amidine groups is 1. The molecule has 132 valence electrons. The average molecular weight is 338 g/mol. The molecule has 1 heterocycles. The summed E-state index contributed by atoms with van der Waals surface area (Å²) in [5.74, 6) is 0.153. The molecule has 1 atom stereocenters. The summed E-state index contributed by atoms with van der Waals surface area (Å²) < 4.78 is 0. The Morgan fingerprint density at radius 1 is 1.32 bits per heavy atom. The average Bonchev–Trinajstić information content (AvgIpc) is 3.10. The zero-order valence-corrected chi connectivity index (χ0v) is 15.2. The van der Waals surface area contributed by atoms with Crippen molar-refractivity contribution in [1.29, 1.82) is 0 Å². The number of allylic oxidation sites excluding steroid dienone is 1. The van der Waals surface area contributed by atoms with Crippen LogP contribution in [0.15, 0.2) is 51.6 Å². The molecule has 0 saturated carbocycles. The van der Waals surface area contributed by atoms with E-state index < -0.39 is 0 Å². The normalized spacial score (nSPS) is 15.9. The third kappa shape index (κ3) is 5.21. The molecule has 2 rings (SSSR count). The number of benzene rings is 1. The fourth-order valence-electron chi connectivity index (χ4n) is 2.30. The molecule has 1 amide bonds. The van der Waals surface area contributed by atoms with Crippen LogP contribution in [0.1, 0.15) is 39.7 Å². The van der Waals surface area contributed by atoms with Gasteiger partial charge in [0, 0.05) is 14.2 Å². The van der Waals surface area contributed by atoms with Gasteiger partial charge < -0.3 is 5.32 Å². The summed E-state index contributed by atoms with van der Waals surface area (Å²) in [7, 11) is 1.73.